The molecule has 20 heavy (non-hydrogen) atoms. The molecule has 1 rings (SSSR count). The lowest BCUT2D eigenvalue weighted by atomic mass is 9.97. The average Bonchev–Trinajstić information content (AvgIpc) is 2.38. The standard InChI is InChI=1S/C15H23NO4/c1-11(2)16-15(3,14(18)19)7-8-20-13-6-4-5-12(9-13)10-17/h4-6,9,11,16-17H,7-8,10H2,1-3H3,(H,18,19). The molecule has 1 aromatic rings. The first-order valence-corrected chi connectivity index (χ1v) is 6.71. The van der Waals surface area contributed by atoms with Crippen LogP contribution < -0.4 is 10.1 Å². The van der Waals surface area contributed by atoms with E-state index in [9.17, 15) is 9.90 Å². The Morgan fingerprint density at radius 3 is 2.70 bits per heavy atom. The fourth-order valence-corrected chi connectivity index (χ4v) is 1.98. The van der Waals surface area contributed by atoms with E-state index in [1.807, 2.05) is 13.8 Å². The SMILES string of the molecule is CC(C)NC(C)(CCOc1cccc(CO)c1)C(=O)O. The Labute approximate surface area is 119 Å². The van der Waals surface area contributed by atoms with Crippen LogP contribution in [0.3, 0.4) is 0 Å². The van der Waals surface area contributed by atoms with Crippen LogP contribution in [0.25, 0.3) is 0 Å². The van der Waals surface area contributed by atoms with Crippen molar-refractivity contribution in [2.75, 3.05) is 6.61 Å². The van der Waals surface area contributed by atoms with Crippen LogP contribution in [0, 0.1) is 0 Å². The van der Waals surface area contributed by atoms with Crippen LogP contribution >= 0.6 is 0 Å². The van der Waals surface area contributed by atoms with Gasteiger partial charge in [0, 0.05) is 12.5 Å². The zero-order chi connectivity index (χ0) is 15.2. The van der Waals surface area contributed by atoms with Gasteiger partial charge in [0.1, 0.15) is 11.3 Å². The normalized spacial score (nSPS) is 14.1. The molecule has 0 amide bonds. The van der Waals surface area contributed by atoms with Crippen LogP contribution in [0.15, 0.2) is 24.3 Å². The van der Waals surface area contributed by atoms with E-state index in [1.54, 1.807) is 31.2 Å². The van der Waals surface area contributed by atoms with Crippen molar-refractivity contribution < 1.29 is 19.7 Å². The Kier molecular flexibility index (Phi) is 5.98. The van der Waals surface area contributed by atoms with Gasteiger partial charge in [0.15, 0.2) is 0 Å². The molecule has 0 aliphatic carbocycles. The zero-order valence-electron chi connectivity index (χ0n) is 12.2. The molecule has 112 valence electrons. The fourth-order valence-electron chi connectivity index (χ4n) is 1.98. The molecule has 0 saturated carbocycles. The number of nitrogens with one attached hydrogen (secondary N) is 1. The summed E-state index contributed by atoms with van der Waals surface area (Å²) in [6.45, 7) is 5.72. The summed E-state index contributed by atoms with van der Waals surface area (Å²) in [5.41, 5.74) is -0.244. The summed E-state index contributed by atoms with van der Waals surface area (Å²) < 4.78 is 5.56. The number of benzene rings is 1. The quantitative estimate of drug-likeness (QED) is 0.677. The second kappa shape index (κ2) is 7.26. The van der Waals surface area contributed by atoms with Crippen molar-refractivity contribution in [3.63, 3.8) is 0 Å². The van der Waals surface area contributed by atoms with E-state index >= 15 is 0 Å². The first-order valence-electron chi connectivity index (χ1n) is 6.71. The molecule has 0 aliphatic rings. The summed E-state index contributed by atoms with van der Waals surface area (Å²) in [6, 6.07) is 7.20. The van der Waals surface area contributed by atoms with E-state index in [0.29, 0.717) is 12.2 Å². The van der Waals surface area contributed by atoms with Gasteiger partial charge in [-0.3, -0.25) is 10.1 Å². The summed E-state index contributed by atoms with van der Waals surface area (Å²) in [4.78, 5) is 11.3. The number of rotatable bonds is 8. The monoisotopic (exact) mass is 281 g/mol. The molecule has 0 spiro atoms. The van der Waals surface area contributed by atoms with E-state index in [-0.39, 0.29) is 19.3 Å². The number of carboxylic acid groups (broad SMARTS) is 1. The highest BCUT2D eigenvalue weighted by molar-refractivity contribution is 5.78. The molecule has 0 aliphatic heterocycles. The second-order valence-corrected chi connectivity index (χ2v) is 5.34. The van der Waals surface area contributed by atoms with Gasteiger partial charge in [-0.1, -0.05) is 12.1 Å². The van der Waals surface area contributed by atoms with Crippen molar-refractivity contribution >= 4 is 5.97 Å². The van der Waals surface area contributed by atoms with E-state index in [1.165, 1.54) is 0 Å². The van der Waals surface area contributed by atoms with Gasteiger partial charge in [-0.15, -0.1) is 0 Å². The molecular formula is C15H23NO4. The minimum Gasteiger partial charge on any atom is -0.493 e. The van der Waals surface area contributed by atoms with E-state index in [2.05, 4.69) is 5.32 Å². The van der Waals surface area contributed by atoms with Crippen molar-refractivity contribution in [3.8, 4) is 5.75 Å². The molecule has 0 saturated heterocycles. The maximum Gasteiger partial charge on any atom is 0.323 e. The third-order valence-corrected chi connectivity index (χ3v) is 3.03. The van der Waals surface area contributed by atoms with Gasteiger partial charge in [0.05, 0.1) is 13.2 Å². The highest BCUT2D eigenvalue weighted by atomic mass is 16.5. The van der Waals surface area contributed by atoms with Gasteiger partial charge < -0.3 is 14.9 Å². The summed E-state index contributed by atoms with van der Waals surface area (Å²) in [7, 11) is 0. The van der Waals surface area contributed by atoms with Crippen LogP contribution in [-0.4, -0.2) is 34.4 Å². The van der Waals surface area contributed by atoms with Gasteiger partial charge in [-0.2, -0.15) is 0 Å². The molecule has 0 heterocycles. The topological polar surface area (TPSA) is 78.8 Å². The lowest BCUT2D eigenvalue weighted by Gasteiger charge is -2.28. The van der Waals surface area contributed by atoms with Crippen molar-refractivity contribution in [2.45, 2.75) is 45.4 Å². The minimum atomic E-state index is -1.01. The molecule has 0 radical (unpaired) electrons. The predicted molar refractivity (Wildman–Crippen MR) is 76.8 cm³/mol. The molecule has 0 aromatic heterocycles. The lowest BCUT2D eigenvalue weighted by Crippen LogP contribution is -2.53. The van der Waals surface area contributed by atoms with Gasteiger partial charge in [-0.25, -0.2) is 0 Å². The zero-order valence-corrected chi connectivity index (χ0v) is 12.2. The molecule has 3 N–H and O–H groups in total. The summed E-state index contributed by atoms with van der Waals surface area (Å²) in [5, 5.41) is 21.4. The maximum absolute atomic E-state index is 11.3. The van der Waals surface area contributed by atoms with Crippen LogP contribution in [-0.2, 0) is 11.4 Å². The van der Waals surface area contributed by atoms with Gasteiger partial charge >= 0.3 is 5.97 Å². The van der Waals surface area contributed by atoms with E-state index in [0.717, 1.165) is 5.56 Å². The number of aliphatic hydroxyl groups excluding tert-OH is 1. The summed E-state index contributed by atoms with van der Waals surface area (Å²) in [6.07, 6.45) is 0.351. The average molecular weight is 281 g/mol. The Bertz CT molecular complexity index is 447. The molecule has 5 nitrogen and oxygen atoms in total. The molecular weight excluding hydrogens is 258 g/mol. The third kappa shape index (κ3) is 4.83. The number of carboxylic acids is 1. The number of aliphatic carboxylic acids is 1. The smallest absolute Gasteiger partial charge is 0.323 e. The Balaban J connectivity index is 2.58. The van der Waals surface area contributed by atoms with E-state index in [4.69, 9.17) is 9.84 Å². The Morgan fingerprint density at radius 1 is 1.45 bits per heavy atom. The summed E-state index contributed by atoms with van der Waals surface area (Å²) in [5.74, 6) is -0.257. The number of ether oxygens (including phenoxy) is 1. The van der Waals surface area contributed by atoms with Gasteiger partial charge in [0.2, 0.25) is 0 Å². The van der Waals surface area contributed by atoms with Crippen molar-refractivity contribution in [2.24, 2.45) is 0 Å². The molecule has 1 atom stereocenters. The summed E-state index contributed by atoms with van der Waals surface area (Å²) >= 11 is 0. The lowest BCUT2D eigenvalue weighted by molar-refractivity contribution is -0.145. The fraction of sp³-hybridized carbons (Fsp3) is 0.533. The van der Waals surface area contributed by atoms with Crippen LogP contribution in [0.5, 0.6) is 5.75 Å². The Hall–Kier alpha value is -1.59. The van der Waals surface area contributed by atoms with Crippen LogP contribution in [0.4, 0.5) is 0 Å². The third-order valence-electron chi connectivity index (χ3n) is 3.03. The predicted octanol–water partition coefficient (Wildman–Crippen LogP) is 1.79. The number of hydrogen-bond donors (Lipinski definition) is 3. The van der Waals surface area contributed by atoms with Gasteiger partial charge in [0.25, 0.3) is 0 Å². The number of carbonyl (C=O) groups is 1. The number of hydrogen-bond acceptors (Lipinski definition) is 4. The van der Waals surface area contributed by atoms with Crippen molar-refractivity contribution in [1.29, 1.82) is 0 Å². The molecule has 1 aromatic carbocycles. The largest absolute Gasteiger partial charge is 0.493 e. The first-order chi connectivity index (χ1) is 9.37. The maximum atomic E-state index is 11.3. The highest BCUT2D eigenvalue weighted by Gasteiger charge is 2.33. The molecule has 5 heteroatoms. The molecule has 0 fully saturated rings. The number of aliphatic hydroxyl groups is 1. The Morgan fingerprint density at radius 2 is 2.15 bits per heavy atom. The molecule has 1 unspecified atom stereocenters. The van der Waals surface area contributed by atoms with Crippen molar-refractivity contribution in [3.05, 3.63) is 29.8 Å². The minimum absolute atomic E-state index is 0.0427. The van der Waals surface area contributed by atoms with Gasteiger partial charge in [-0.05, 0) is 38.5 Å². The van der Waals surface area contributed by atoms with Crippen LogP contribution in [0.1, 0.15) is 32.8 Å². The first kappa shape index (κ1) is 16.5. The second-order valence-electron chi connectivity index (χ2n) is 5.34. The molecule has 0 bridgehead atoms. The van der Waals surface area contributed by atoms with Crippen molar-refractivity contribution in [1.82, 2.24) is 5.32 Å². The highest BCUT2D eigenvalue weighted by Crippen LogP contribution is 2.16. The van der Waals surface area contributed by atoms with Crippen LogP contribution in [0.2, 0.25) is 0 Å². The van der Waals surface area contributed by atoms with E-state index < -0.39 is 11.5 Å².